The predicted molar refractivity (Wildman–Crippen MR) is 59.7 cm³/mol. The van der Waals surface area contributed by atoms with Crippen LogP contribution in [0.25, 0.3) is 0 Å². The Morgan fingerprint density at radius 3 is 2.76 bits per heavy atom. The Hall–Kier alpha value is -0.330. The van der Waals surface area contributed by atoms with E-state index in [2.05, 4.69) is 23.9 Å². The molecule has 0 aromatic carbocycles. The third-order valence-corrected chi connectivity index (χ3v) is 3.29. The minimum Gasteiger partial charge on any atom is -0.311 e. The van der Waals surface area contributed by atoms with Crippen molar-refractivity contribution in [3.05, 3.63) is 0 Å². The molecule has 1 saturated heterocycles. The van der Waals surface area contributed by atoms with E-state index in [1.807, 2.05) is 4.90 Å². The standard InChI is InChI=1S/C11H21F3N2O/c1-3-9(2)10-8-16(5-4-15-10)6-7-17-11(12,13)14/h9-10,15H,3-8H2,1-2H3. The molecule has 1 aliphatic rings. The molecule has 102 valence electrons. The van der Waals surface area contributed by atoms with Gasteiger partial charge in [0.1, 0.15) is 0 Å². The van der Waals surface area contributed by atoms with Crippen LogP contribution in [0.15, 0.2) is 0 Å². The maximum Gasteiger partial charge on any atom is 0.522 e. The molecule has 2 unspecified atom stereocenters. The number of ether oxygens (including phenoxy) is 1. The van der Waals surface area contributed by atoms with Crippen molar-refractivity contribution < 1.29 is 17.9 Å². The molecule has 6 heteroatoms. The van der Waals surface area contributed by atoms with Crippen LogP contribution in [0.1, 0.15) is 20.3 Å². The first-order chi connectivity index (χ1) is 7.92. The van der Waals surface area contributed by atoms with Gasteiger partial charge in [-0.25, -0.2) is 0 Å². The zero-order valence-electron chi connectivity index (χ0n) is 10.4. The van der Waals surface area contributed by atoms with Crippen LogP contribution < -0.4 is 5.32 Å². The Morgan fingerprint density at radius 2 is 2.18 bits per heavy atom. The zero-order valence-corrected chi connectivity index (χ0v) is 10.4. The van der Waals surface area contributed by atoms with E-state index in [-0.39, 0.29) is 6.61 Å². The van der Waals surface area contributed by atoms with Crippen LogP contribution in [0.4, 0.5) is 13.2 Å². The maximum absolute atomic E-state index is 11.8. The second-order valence-corrected chi connectivity index (χ2v) is 4.54. The highest BCUT2D eigenvalue weighted by Crippen LogP contribution is 2.16. The molecular formula is C11H21F3N2O. The van der Waals surface area contributed by atoms with Crippen molar-refractivity contribution in [3.8, 4) is 0 Å². The summed E-state index contributed by atoms with van der Waals surface area (Å²) in [6.07, 6.45) is -3.44. The van der Waals surface area contributed by atoms with E-state index in [9.17, 15) is 13.2 Å². The van der Waals surface area contributed by atoms with E-state index in [1.54, 1.807) is 0 Å². The predicted octanol–water partition coefficient (Wildman–Crippen LogP) is 1.84. The van der Waals surface area contributed by atoms with Crippen molar-refractivity contribution in [2.24, 2.45) is 5.92 Å². The normalized spacial score (nSPS) is 24.9. The topological polar surface area (TPSA) is 24.5 Å². The summed E-state index contributed by atoms with van der Waals surface area (Å²) in [6, 6.07) is 0.375. The Morgan fingerprint density at radius 1 is 1.47 bits per heavy atom. The maximum atomic E-state index is 11.8. The Bertz CT molecular complexity index is 223. The molecule has 1 aliphatic heterocycles. The van der Waals surface area contributed by atoms with Crippen LogP contribution in [0.5, 0.6) is 0 Å². The Kier molecular flexibility index (Phi) is 5.69. The molecule has 0 aliphatic carbocycles. The third-order valence-electron chi connectivity index (χ3n) is 3.29. The van der Waals surface area contributed by atoms with E-state index in [0.29, 0.717) is 18.5 Å². The summed E-state index contributed by atoms with van der Waals surface area (Å²) < 4.78 is 39.2. The highest BCUT2D eigenvalue weighted by atomic mass is 19.4. The van der Waals surface area contributed by atoms with Gasteiger partial charge in [-0.05, 0) is 5.92 Å². The number of piperazine rings is 1. The van der Waals surface area contributed by atoms with Gasteiger partial charge in [-0.2, -0.15) is 0 Å². The average Bonchev–Trinajstić information content (AvgIpc) is 2.27. The minimum atomic E-state index is -4.51. The van der Waals surface area contributed by atoms with Crippen molar-refractivity contribution in [3.63, 3.8) is 0 Å². The van der Waals surface area contributed by atoms with Crippen LogP contribution in [-0.4, -0.2) is 50.1 Å². The summed E-state index contributed by atoms with van der Waals surface area (Å²) in [5.41, 5.74) is 0. The fourth-order valence-corrected chi connectivity index (χ4v) is 2.00. The van der Waals surface area contributed by atoms with Crippen molar-refractivity contribution in [2.45, 2.75) is 32.7 Å². The molecule has 1 heterocycles. The summed E-state index contributed by atoms with van der Waals surface area (Å²) in [5.74, 6) is 0.543. The lowest BCUT2D eigenvalue weighted by molar-refractivity contribution is -0.325. The van der Waals surface area contributed by atoms with Gasteiger partial charge in [0.05, 0.1) is 6.61 Å². The number of halogens is 3. The van der Waals surface area contributed by atoms with E-state index < -0.39 is 6.36 Å². The molecule has 1 N–H and O–H groups in total. The van der Waals surface area contributed by atoms with Crippen molar-refractivity contribution in [2.75, 3.05) is 32.8 Å². The molecule has 17 heavy (non-hydrogen) atoms. The molecule has 0 spiro atoms. The lowest BCUT2D eigenvalue weighted by Gasteiger charge is -2.36. The zero-order chi connectivity index (χ0) is 12.9. The molecule has 1 rings (SSSR count). The Balaban J connectivity index is 2.25. The number of nitrogens with one attached hydrogen (secondary N) is 1. The number of hydrogen-bond donors (Lipinski definition) is 1. The largest absolute Gasteiger partial charge is 0.522 e. The molecule has 2 atom stereocenters. The SMILES string of the molecule is CCC(C)C1CN(CCOC(F)(F)F)CCN1. The van der Waals surface area contributed by atoms with E-state index in [1.165, 1.54) is 0 Å². The number of rotatable bonds is 5. The second-order valence-electron chi connectivity index (χ2n) is 4.54. The lowest BCUT2D eigenvalue weighted by atomic mass is 9.97. The van der Waals surface area contributed by atoms with Crippen LogP contribution >= 0.6 is 0 Å². The molecule has 0 amide bonds. The fraction of sp³-hybridized carbons (Fsp3) is 1.00. The molecule has 0 radical (unpaired) electrons. The summed E-state index contributed by atoms with van der Waals surface area (Å²) in [4.78, 5) is 2.03. The van der Waals surface area contributed by atoms with Gasteiger partial charge >= 0.3 is 6.36 Å². The van der Waals surface area contributed by atoms with Gasteiger partial charge in [0.15, 0.2) is 0 Å². The summed E-state index contributed by atoms with van der Waals surface area (Å²) in [7, 11) is 0. The highest BCUT2D eigenvalue weighted by molar-refractivity contribution is 4.81. The first-order valence-corrected chi connectivity index (χ1v) is 6.08. The molecular weight excluding hydrogens is 233 g/mol. The number of nitrogens with zero attached hydrogens (tertiary/aromatic N) is 1. The van der Waals surface area contributed by atoms with Gasteiger partial charge in [0, 0.05) is 32.2 Å². The molecule has 0 aromatic rings. The first-order valence-electron chi connectivity index (χ1n) is 6.08. The molecule has 1 fully saturated rings. The minimum absolute atomic E-state index is 0.281. The molecule has 3 nitrogen and oxygen atoms in total. The van der Waals surface area contributed by atoms with E-state index in [4.69, 9.17) is 0 Å². The average molecular weight is 254 g/mol. The smallest absolute Gasteiger partial charge is 0.311 e. The third kappa shape index (κ3) is 5.70. The van der Waals surface area contributed by atoms with Gasteiger partial charge in [-0.15, -0.1) is 13.2 Å². The fourth-order valence-electron chi connectivity index (χ4n) is 2.00. The molecule has 0 aromatic heterocycles. The lowest BCUT2D eigenvalue weighted by Crippen LogP contribution is -2.53. The second kappa shape index (κ2) is 6.56. The monoisotopic (exact) mass is 254 g/mol. The van der Waals surface area contributed by atoms with Crippen LogP contribution in [0, 0.1) is 5.92 Å². The van der Waals surface area contributed by atoms with Crippen molar-refractivity contribution in [1.29, 1.82) is 0 Å². The van der Waals surface area contributed by atoms with Crippen molar-refractivity contribution in [1.82, 2.24) is 10.2 Å². The molecule has 0 bridgehead atoms. The Labute approximate surface area is 100 Å². The van der Waals surface area contributed by atoms with E-state index in [0.717, 1.165) is 26.1 Å². The summed E-state index contributed by atoms with van der Waals surface area (Å²) >= 11 is 0. The molecule has 0 saturated carbocycles. The number of hydrogen-bond acceptors (Lipinski definition) is 3. The van der Waals surface area contributed by atoms with Crippen molar-refractivity contribution >= 4 is 0 Å². The van der Waals surface area contributed by atoms with Gasteiger partial charge in [-0.3, -0.25) is 9.64 Å². The summed E-state index contributed by atoms with van der Waals surface area (Å²) in [5, 5.41) is 3.40. The van der Waals surface area contributed by atoms with Gasteiger partial charge < -0.3 is 5.32 Å². The van der Waals surface area contributed by atoms with Crippen LogP contribution in [-0.2, 0) is 4.74 Å². The summed E-state index contributed by atoms with van der Waals surface area (Å²) in [6.45, 7) is 6.77. The quantitative estimate of drug-likeness (QED) is 0.810. The van der Waals surface area contributed by atoms with Crippen LogP contribution in [0.2, 0.25) is 0 Å². The van der Waals surface area contributed by atoms with Gasteiger partial charge in [0.25, 0.3) is 0 Å². The number of alkyl halides is 3. The first kappa shape index (κ1) is 14.7. The van der Waals surface area contributed by atoms with E-state index >= 15 is 0 Å². The highest BCUT2D eigenvalue weighted by Gasteiger charge is 2.29. The van der Waals surface area contributed by atoms with Gasteiger partial charge in [0.2, 0.25) is 0 Å². The van der Waals surface area contributed by atoms with Gasteiger partial charge in [-0.1, -0.05) is 20.3 Å². The van der Waals surface area contributed by atoms with Crippen LogP contribution in [0.3, 0.4) is 0 Å².